The molecule has 0 bridgehead atoms. The summed E-state index contributed by atoms with van der Waals surface area (Å²) in [5.74, 6) is -0.336. The van der Waals surface area contributed by atoms with Crippen LogP contribution in [0.25, 0.3) is 0 Å². The molecule has 2 amide bonds. The van der Waals surface area contributed by atoms with Crippen molar-refractivity contribution in [2.45, 2.75) is 25.9 Å². The van der Waals surface area contributed by atoms with E-state index >= 15 is 0 Å². The summed E-state index contributed by atoms with van der Waals surface area (Å²) in [6.45, 7) is 2.85. The second-order valence-electron chi connectivity index (χ2n) is 3.33. The number of carbonyl (C=O) groups is 2. The number of nitrogens with one attached hydrogen (secondary N) is 2. The normalized spacial score (nSPS) is 17.6. The van der Waals surface area contributed by atoms with Gasteiger partial charge in [0.05, 0.1) is 0 Å². The molecule has 0 spiro atoms. The molecule has 0 radical (unpaired) electrons. The lowest BCUT2D eigenvalue weighted by Crippen LogP contribution is -2.58. The van der Waals surface area contributed by atoms with Gasteiger partial charge in [-0.15, -0.1) is 0 Å². The molecular formula is C10H14N2O2. The van der Waals surface area contributed by atoms with Crippen LogP contribution in [0.1, 0.15) is 20.3 Å². The first-order valence-corrected chi connectivity index (χ1v) is 4.46. The minimum Gasteiger partial charge on any atom is -0.330 e. The third-order valence-corrected chi connectivity index (χ3v) is 1.87. The maximum absolute atomic E-state index is 11.0. The van der Waals surface area contributed by atoms with Crippen LogP contribution in [-0.2, 0) is 9.59 Å². The number of hydrogen-bond donors (Lipinski definition) is 2. The van der Waals surface area contributed by atoms with Crippen molar-refractivity contribution >= 4 is 11.8 Å². The Hall–Kier alpha value is -1.58. The fraction of sp³-hybridized carbons (Fsp3) is 0.400. The molecule has 1 rings (SSSR count). The van der Waals surface area contributed by atoms with Gasteiger partial charge in [0.25, 0.3) is 0 Å². The summed E-state index contributed by atoms with van der Waals surface area (Å²) < 4.78 is 0. The van der Waals surface area contributed by atoms with E-state index in [0.29, 0.717) is 6.42 Å². The SMILES string of the molecule is CC(=O)NC1(NC(C)=O)C=CC=CC1. The Balaban J connectivity index is 2.79. The van der Waals surface area contributed by atoms with Gasteiger partial charge in [-0.2, -0.15) is 0 Å². The van der Waals surface area contributed by atoms with Crippen molar-refractivity contribution in [1.29, 1.82) is 0 Å². The van der Waals surface area contributed by atoms with Crippen LogP contribution in [0.5, 0.6) is 0 Å². The number of allylic oxidation sites excluding steroid dienone is 2. The molecule has 1 aliphatic rings. The largest absolute Gasteiger partial charge is 0.330 e. The highest BCUT2D eigenvalue weighted by molar-refractivity contribution is 5.78. The van der Waals surface area contributed by atoms with Crippen molar-refractivity contribution in [2.75, 3.05) is 0 Å². The van der Waals surface area contributed by atoms with Crippen LogP contribution >= 0.6 is 0 Å². The monoisotopic (exact) mass is 194 g/mol. The fourth-order valence-electron chi connectivity index (χ4n) is 1.47. The molecule has 0 heterocycles. The van der Waals surface area contributed by atoms with E-state index < -0.39 is 5.66 Å². The first-order valence-electron chi connectivity index (χ1n) is 4.46. The zero-order valence-electron chi connectivity index (χ0n) is 8.33. The molecule has 0 fully saturated rings. The summed E-state index contributed by atoms with van der Waals surface area (Å²) in [5.41, 5.74) is -0.744. The summed E-state index contributed by atoms with van der Waals surface area (Å²) >= 11 is 0. The van der Waals surface area contributed by atoms with Gasteiger partial charge in [-0.3, -0.25) is 9.59 Å². The highest BCUT2D eigenvalue weighted by Gasteiger charge is 2.28. The van der Waals surface area contributed by atoms with E-state index in [4.69, 9.17) is 0 Å². The summed E-state index contributed by atoms with van der Waals surface area (Å²) in [7, 11) is 0. The molecule has 0 aliphatic heterocycles. The standard InChI is InChI=1S/C10H14N2O2/c1-8(13)11-10(12-9(2)14)6-4-3-5-7-10/h3-6H,7H2,1-2H3,(H,11,13)(H,12,14). The summed E-state index contributed by atoms with van der Waals surface area (Å²) in [6.07, 6.45) is 7.92. The number of amides is 2. The Kier molecular flexibility index (Phi) is 3.06. The Bertz CT molecular complexity index is 289. The third kappa shape index (κ3) is 2.73. The molecule has 76 valence electrons. The van der Waals surface area contributed by atoms with E-state index in [-0.39, 0.29) is 11.8 Å². The molecule has 14 heavy (non-hydrogen) atoms. The van der Waals surface area contributed by atoms with Crippen LogP contribution in [0.3, 0.4) is 0 Å². The highest BCUT2D eigenvalue weighted by atomic mass is 16.2. The maximum Gasteiger partial charge on any atom is 0.218 e. The fourth-order valence-corrected chi connectivity index (χ4v) is 1.47. The van der Waals surface area contributed by atoms with Crippen LogP contribution in [0.4, 0.5) is 0 Å². The van der Waals surface area contributed by atoms with E-state index in [2.05, 4.69) is 10.6 Å². The lowest BCUT2D eigenvalue weighted by atomic mass is 10.0. The second-order valence-corrected chi connectivity index (χ2v) is 3.33. The van der Waals surface area contributed by atoms with E-state index in [1.165, 1.54) is 13.8 Å². The lowest BCUT2D eigenvalue weighted by molar-refractivity contribution is -0.123. The summed E-state index contributed by atoms with van der Waals surface area (Å²) in [6, 6.07) is 0. The quantitative estimate of drug-likeness (QED) is 0.628. The Labute approximate surface area is 83.1 Å². The molecule has 0 saturated carbocycles. The molecule has 0 atom stereocenters. The lowest BCUT2D eigenvalue weighted by Gasteiger charge is -2.32. The zero-order valence-corrected chi connectivity index (χ0v) is 8.33. The predicted octanol–water partition coefficient (Wildman–Crippen LogP) is 0.471. The Morgan fingerprint density at radius 1 is 1.14 bits per heavy atom. The van der Waals surface area contributed by atoms with Crippen LogP contribution in [0, 0.1) is 0 Å². The molecule has 0 aromatic rings. The molecule has 2 N–H and O–H groups in total. The van der Waals surface area contributed by atoms with Gasteiger partial charge in [-0.25, -0.2) is 0 Å². The third-order valence-electron chi connectivity index (χ3n) is 1.87. The van der Waals surface area contributed by atoms with E-state index in [0.717, 1.165) is 0 Å². The Morgan fingerprint density at radius 3 is 2.07 bits per heavy atom. The zero-order chi connectivity index (χ0) is 10.6. The minimum atomic E-state index is -0.744. The van der Waals surface area contributed by atoms with E-state index in [9.17, 15) is 9.59 Å². The van der Waals surface area contributed by atoms with Gasteiger partial charge in [0.1, 0.15) is 5.66 Å². The van der Waals surface area contributed by atoms with Gasteiger partial charge in [0.2, 0.25) is 11.8 Å². The van der Waals surface area contributed by atoms with E-state index in [1.54, 1.807) is 12.2 Å². The Morgan fingerprint density at radius 2 is 1.71 bits per heavy atom. The first kappa shape index (κ1) is 10.5. The van der Waals surface area contributed by atoms with Crippen LogP contribution < -0.4 is 10.6 Å². The number of rotatable bonds is 2. The van der Waals surface area contributed by atoms with Crippen LogP contribution in [0.2, 0.25) is 0 Å². The molecule has 0 aromatic heterocycles. The minimum absolute atomic E-state index is 0.168. The molecule has 1 aliphatic carbocycles. The van der Waals surface area contributed by atoms with Crippen molar-refractivity contribution in [3.63, 3.8) is 0 Å². The molecule has 0 aromatic carbocycles. The topological polar surface area (TPSA) is 58.2 Å². The van der Waals surface area contributed by atoms with Gasteiger partial charge in [0.15, 0.2) is 0 Å². The van der Waals surface area contributed by atoms with Gasteiger partial charge in [0, 0.05) is 20.3 Å². The van der Waals surface area contributed by atoms with Crippen molar-refractivity contribution < 1.29 is 9.59 Å². The van der Waals surface area contributed by atoms with Crippen molar-refractivity contribution in [3.8, 4) is 0 Å². The van der Waals surface area contributed by atoms with Crippen molar-refractivity contribution in [2.24, 2.45) is 0 Å². The maximum atomic E-state index is 11.0. The summed E-state index contributed by atoms with van der Waals surface area (Å²) in [4.78, 5) is 22.0. The van der Waals surface area contributed by atoms with Gasteiger partial charge >= 0.3 is 0 Å². The number of carbonyl (C=O) groups excluding carboxylic acids is 2. The molecule has 0 unspecified atom stereocenters. The average Bonchev–Trinajstić information content (AvgIpc) is 2.01. The van der Waals surface area contributed by atoms with Crippen LogP contribution in [-0.4, -0.2) is 17.5 Å². The summed E-state index contributed by atoms with van der Waals surface area (Å²) in [5, 5.41) is 5.44. The first-order chi connectivity index (χ1) is 6.54. The highest BCUT2D eigenvalue weighted by Crippen LogP contribution is 2.14. The molecular weight excluding hydrogens is 180 g/mol. The molecule has 4 heteroatoms. The molecule has 0 saturated heterocycles. The predicted molar refractivity (Wildman–Crippen MR) is 53.3 cm³/mol. The smallest absolute Gasteiger partial charge is 0.218 e. The van der Waals surface area contributed by atoms with E-state index in [1.807, 2.05) is 12.2 Å². The molecule has 4 nitrogen and oxygen atoms in total. The van der Waals surface area contributed by atoms with Gasteiger partial charge in [-0.05, 0) is 6.08 Å². The second kappa shape index (κ2) is 4.09. The van der Waals surface area contributed by atoms with Gasteiger partial charge < -0.3 is 10.6 Å². The average molecular weight is 194 g/mol. The van der Waals surface area contributed by atoms with Crippen LogP contribution in [0.15, 0.2) is 24.3 Å². The van der Waals surface area contributed by atoms with Gasteiger partial charge in [-0.1, -0.05) is 18.2 Å². The van der Waals surface area contributed by atoms with Crippen molar-refractivity contribution in [1.82, 2.24) is 10.6 Å². The number of hydrogen-bond acceptors (Lipinski definition) is 2. The van der Waals surface area contributed by atoms with Crippen molar-refractivity contribution in [3.05, 3.63) is 24.3 Å².